The lowest BCUT2D eigenvalue weighted by Crippen LogP contribution is -2.45. The molecule has 0 aliphatic carbocycles. The molecule has 1 aromatic rings. The average molecular weight is 372 g/mol. The fourth-order valence-electron chi connectivity index (χ4n) is 4.58. The first-order chi connectivity index (χ1) is 12.9. The minimum absolute atomic E-state index is 0.287. The number of urea groups is 1. The van der Waals surface area contributed by atoms with Crippen LogP contribution in [0.1, 0.15) is 48.8 Å². The van der Waals surface area contributed by atoms with Crippen molar-refractivity contribution < 1.29 is 9.59 Å². The number of carbonyl (C=O) groups is 2. The molecular formula is C22H33N3O2. The molecule has 0 bridgehead atoms. The minimum atomic E-state index is -0.294. The molecule has 2 saturated heterocycles. The first-order valence-electron chi connectivity index (χ1n) is 10.3. The number of hydrogen-bond donors (Lipinski definition) is 1. The van der Waals surface area contributed by atoms with E-state index in [0.29, 0.717) is 18.3 Å². The summed E-state index contributed by atoms with van der Waals surface area (Å²) in [6, 6.07) is 6.19. The summed E-state index contributed by atoms with van der Waals surface area (Å²) in [4.78, 5) is 27.7. The molecule has 2 aliphatic heterocycles. The highest BCUT2D eigenvalue weighted by Crippen LogP contribution is 2.32. The average Bonchev–Trinajstić information content (AvgIpc) is 2.69. The largest absolute Gasteiger partial charge is 0.351 e. The third-order valence-corrected chi connectivity index (χ3v) is 6.61. The van der Waals surface area contributed by atoms with Crippen LogP contribution in [0.3, 0.4) is 0 Å². The Hall–Kier alpha value is -2.04. The molecule has 0 aromatic heterocycles. The maximum Gasteiger partial charge on any atom is 0.314 e. The molecule has 2 N–H and O–H groups in total. The minimum Gasteiger partial charge on any atom is -0.351 e. The number of rotatable bonds is 4. The summed E-state index contributed by atoms with van der Waals surface area (Å²) in [7, 11) is 0. The molecule has 2 aliphatic rings. The first-order valence-corrected chi connectivity index (χ1v) is 10.3. The molecule has 5 nitrogen and oxygen atoms in total. The van der Waals surface area contributed by atoms with Crippen molar-refractivity contribution in [3.05, 3.63) is 34.9 Å². The zero-order valence-corrected chi connectivity index (χ0v) is 16.7. The molecule has 2 heterocycles. The van der Waals surface area contributed by atoms with Crippen LogP contribution < -0.4 is 5.73 Å². The van der Waals surface area contributed by atoms with Gasteiger partial charge in [0.25, 0.3) is 0 Å². The second kappa shape index (κ2) is 8.77. The van der Waals surface area contributed by atoms with Crippen LogP contribution in [-0.4, -0.2) is 47.9 Å². The predicted molar refractivity (Wildman–Crippen MR) is 107 cm³/mol. The quantitative estimate of drug-likeness (QED) is 0.883. The van der Waals surface area contributed by atoms with Crippen LogP contribution in [0, 0.1) is 25.7 Å². The number of benzene rings is 1. The maximum absolute atomic E-state index is 12.6. The first kappa shape index (κ1) is 19.7. The lowest BCUT2D eigenvalue weighted by Gasteiger charge is -2.39. The number of amides is 3. The Morgan fingerprint density at radius 3 is 2.00 bits per heavy atom. The van der Waals surface area contributed by atoms with Gasteiger partial charge in [-0.1, -0.05) is 18.2 Å². The highest BCUT2D eigenvalue weighted by atomic mass is 16.2. The molecular weight excluding hydrogens is 338 g/mol. The number of primary amides is 1. The molecule has 0 radical (unpaired) electrons. The summed E-state index contributed by atoms with van der Waals surface area (Å²) in [5, 5.41) is 0. The van der Waals surface area contributed by atoms with Gasteiger partial charge in [0.05, 0.1) is 0 Å². The Bertz CT molecular complexity index is 672. The van der Waals surface area contributed by atoms with Gasteiger partial charge in [-0.25, -0.2) is 4.79 Å². The number of likely N-dealkylation sites (tertiary alicyclic amines) is 2. The van der Waals surface area contributed by atoms with Crippen molar-refractivity contribution in [2.75, 3.05) is 26.2 Å². The zero-order chi connectivity index (χ0) is 19.4. The Balaban J connectivity index is 1.41. The Morgan fingerprint density at radius 2 is 1.48 bits per heavy atom. The lowest BCUT2D eigenvalue weighted by atomic mass is 9.79. The Kier molecular flexibility index (Phi) is 6.40. The van der Waals surface area contributed by atoms with Crippen LogP contribution in [0.4, 0.5) is 4.79 Å². The second-order valence-corrected chi connectivity index (χ2v) is 8.30. The van der Waals surface area contributed by atoms with Crippen LogP contribution in [0.5, 0.6) is 0 Å². The molecule has 2 fully saturated rings. The number of nitrogens with two attached hydrogens (primary N) is 1. The van der Waals surface area contributed by atoms with E-state index in [4.69, 9.17) is 5.73 Å². The molecule has 0 atom stereocenters. The van der Waals surface area contributed by atoms with Crippen LogP contribution >= 0.6 is 0 Å². The van der Waals surface area contributed by atoms with Gasteiger partial charge in [-0.3, -0.25) is 4.79 Å². The highest BCUT2D eigenvalue weighted by Gasteiger charge is 2.31. The van der Waals surface area contributed by atoms with Crippen LogP contribution in [0.2, 0.25) is 0 Å². The number of hydrogen-bond acceptors (Lipinski definition) is 2. The number of piperidine rings is 2. The monoisotopic (exact) mass is 371 g/mol. The van der Waals surface area contributed by atoms with E-state index in [1.165, 1.54) is 16.7 Å². The van der Waals surface area contributed by atoms with Gasteiger partial charge in [-0.05, 0) is 74.5 Å². The van der Waals surface area contributed by atoms with E-state index in [0.717, 1.165) is 58.3 Å². The summed E-state index contributed by atoms with van der Waals surface area (Å²) < 4.78 is 0. The van der Waals surface area contributed by atoms with Gasteiger partial charge in [0, 0.05) is 32.6 Å². The maximum atomic E-state index is 12.6. The van der Waals surface area contributed by atoms with E-state index in [9.17, 15) is 9.59 Å². The van der Waals surface area contributed by atoms with Gasteiger partial charge in [0.15, 0.2) is 0 Å². The van der Waals surface area contributed by atoms with E-state index in [-0.39, 0.29) is 11.9 Å². The van der Waals surface area contributed by atoms with Gasteiger partial charge in [0.2, 0.25) is 5.91 Å². The predicted octanol–water partition coefficient (Wildman–Crippen LogP) is 3.27. The molecule has 0 spiro atoms. The van der Waals surface area contributed by atoms with Crippen molar-refractivity contribution in [2.45, 2.75) is 52.4 Å². The van der Waals surface area contributed by atoms with Crippen molar-refractivity contribution in [3.63, 3.8) is 0 Å². The SMILES string of the molecule is Cc1ccc(CCC(=O)N2CCC(C3CCN(C(N)=O)CC3)CC2)cc1C. The zero-order valence-electron chi connectivity index (χ0n) is 16.7. The molecule has 5 heteroatoms. The molecule has 0 unspecified atom stereocenters. The topological polar surface area (TPSA) is 66.6 Å². The van der Waals surface area contributed by atoms with Crippen LogP contribution in [-0.2, 0) is 11.2 Å². The third kappa shape index (κ3) is 5.02. The summed E-state index contributed by atoms with van der Waals surface area (Å²) in [6.07, 6.45) is 5.71. The van der Waals surface area contributed by atoms with Crippen LogP contribution in [0.25, 0.3) is 0 Å². The van der Waals surface area contributed by atoms with E-state index in [1.54, 1.807) is 4.90 Å². The molecule has 148 valence electrons. The van der Waals surface area contributed by atoms with Crippen molar-refractivity contribution in [1.82, 2.24) is 9.80 Å². The molecule has 3 amide bonds. The smallest absolute Gasteiger partial charge is 0.314 e. The third-order valence-electron chi connectivity index (χ3n) is 6.61. The molecule has 1 aromatic carbocycles. The summed E-state index contributed by atoms with van der Waals surface area (Å²) in [6.45, 7) is 7.58. The Labute approximate surface area is 162 Å². The Morgan fingerprint density at radius 1 is 0.926 bits per heavy atom. The molecule has 3 rings (SSSR count). The van der Waals surface area contributed by atoms with Gasteiger partial charge < -0.3 is 15.5 Å². The highest BCUT2D eigenvalue weighted by molar-refractivity contribution is 5.76. The van der Waals surface area contributed by atoms with Crippen LogP contribution in [0.15, 0.2) is 18.2 Å². The summed E-state index contributed by atoms with van der Waals surface area (Å²) >= 11 is 0. The molecule has 27 heavy (non-hydrogen) atoms. The summed E-state index contributed by atoms with van der Waals surface area (Å²) in [5.74, 6) is 1.65. The fraction of sp³-hybridized carbons (Fsp3) is 0.636. The van der Waals surface area contributed by atoms with E-state index in [1.807, 2.05) is 0 Å². The van der Waals surface area contributed by atoms with Crippen molar-refractivity contribution in [1.29, 1.82) is 0 Å². The normalized spacial score (nSPS) is 19.3. The summed E-state index contributed by atoms with van der Waals surface area (Å²) in [5.41, 5.74) is 9.22. The number of carbonyl (C=O) groups excluding carboxylic acids is 2. The van der Waals surface area contributed by atoms with Gasteiger partial charge in [0.1, 0.15) is 0 Å². The van der Waals surface area contributed by atoms with E-state index in [2.05, 4.69) is 36.9 Å². The molecule has 0 saturated carbocycles. The second-order valence-electron chi connectivity index (χ2n) is 8.30. The van der Waals surface area contributed by atoms with Crippen molar-refractivity contribution in [3.8, 4) is 0 Å². The van der Waals surface area contributed by atoms with E-state index >= 15 is 0 Å². The van der Waals surface area contributed by atoms with Crippen molar-refractivity contribution in [2.24, 2.45) is 17.6 Å². The standard InChI is InChI=1S/C22H33N3O2/c1-16-3-4-18(15-17(16)2)5-6-21(26)24-11-7-19(8-12-24)20-9-13-25(14-10-20)22(23)27/h3-4,15,19-20H,5-14H2,1-2H3,(H2,23,27). The van der Waals surface area contributed by atoms with E-state index < -0.39 is 0 Å². The lowest BCUT2D eigenvalue weighted by molar-refractivity contribution is -0.132. The number of aryl methyl sites for hydroxylation is 3. The van der Waals surface area contributed by atoms with Crippen molar-refractivity contribution >= 4 is 11.9 Å². The van der Waals surface area contributed by atoms with Gasteiger partial charge in [-0.2, -0.15) is 0 Å². The fourth-order valence-corrected chi connectivity index (χ4v) is 4.58. The van der Waals surface area contributed by atoms with Gasteiger partial charge >= 0.3 is 6.03 Å². The van der Waals surface area contributed by atoms with Gasteiger partial charge in [-0.15, -0.1) is 0 Å². The number of nitrogens with zero attached hydrogens (tertiary/aromatic N) is 2.